The molecule has 5 rings (SSSR count). The van der Waals surface area contributed by atoms with Crippen LogP contribution in [0.1, 0.15) is 77.0 Å². The molecule has 21 heteroatoms. The molecule has 0 amide bonds. The summed E-state index contributed by atoms with van der Waals surface area (Å²) >= 11 is 0. The van der Waals surface area contributed by atoms with Crippen molar-refractivity contribution in [3.63, 3.8) is 0 Å². The van der Waals surface area contributed by atoms with Crippen molar-refractivity contribution < 1.29 is 84.2 Å². The van der Waals surface area contributed by atoms with Crippen molar-refractivity contribution in [2.45, 2.75) is 77.0 Å². The lowest BCUT2D eigenvalue weighted by atomic mass is 9.92. The van der Waals surface area contributed by atoms with E-state index in [4.69, 9.17) is 5.26 Å². The number of hydrogen-bond acceptors (Lipinski definition) is 14. The molecule has 8 bridgehead atoms. The van der Waals surface area contributed by atoms with Gasteiger partial charge in [0.1, 0.15) is 0 Å². The average molecular weight is 845 g/mol. The molecule has 0 radical (unpaired) electrons. The molecule has 5 heterocycles. The normalized spacial score (nSPS) is 16.9. The Kier molecular flexibility index (Phi) is 13.8. The summed E-state index contributed by atoms with van der Waals surface area (Å²) in [5.74, 6) is -10.4. The highest BCUT2D eigenvalue weighted by atomic mass is 17.1. The topological polar surface area (TPSA) is 357 Å². The van der Waals surface area contributed by atoms with Crippen LogP contribution >= 0.6 is 0 Å². The Morgan fingerprint density at radius 3 is 0.902 bits per heavy atom. The minimum atomic E-state index is -1.38. The van der Waals surface area contributed by atoms with Crippen molar-refractivity contribution in [3.05, 3.63) is 91.7 Å². The van der Waals surface area contributed by atoms with Crippen LogP contribution in [0.25, 0.3) is 0 Å². The lowest BCUT2D eigenvalue weighted by molar-refractivity contribution is -0.234. The number of aliphatic imine (C=N–C) groups is 4. The van der Waals surface area contributed by atoms with Gasteiger partial charge in [-0.3, -0.25) is 33.6 Å². The van der Waals surface area contributed by atoms with Crippen LogP contribution in [0.4, 0.5) is 0 Å². The number of rotatable bonds is 20. The van der Waals surface area contributed by atoms with Crippen LogP contribution in [0.3, 0.4) is 0 Å². The zero-order chi connectivity index (χ0) is 44.7. The van der Waals surface area contributed by atoms with Crippen molar-refractivity contribution in [2.75, 3.05) is 0 Å². The Morgan fingerprint density at radius 1 is 0.361 bits per heavy atom. The highest BCUT2D eigenvalue weighted by Gasteiger charge is 2.34. The Hall–Kier alpha value is -7.68. The van der Waals surface area contributed by atoms with Gasteiger partial charge in [0.25, 0.3) is 0 Å². The number of carboxylic acid groups (broad SMARTS) is 7. The van der Waals surface area contributed by atoms with Crippen LogP contribution in [0.15, 0.2) is 112 Å². The van der Waals surface area contributed by atoms with Crippen molar-refractivity contribution >= 4 is 70.6 Å². The predicted molar refractivity (Wildman–Crippen MR) is 208 cm³/mol. The summed E-state index contributed by atoms with van der Waals surface area (Å²) in [6, 6.07) is 0. The van der Waals surface area contributed by atoms with Crippen molar-refractivity contribution in [3.8, 4) is 0 Å². The highest BCUT2D eigenvalue weighted by Crippen LogP contribution is 2.41. The second-order valence-electron chi connectivity index (χ2n) is 13.9. The van der Waals surface area contributed by atoms with E-state index < -0.39 is 99.1 Å². The van der Waals surface area contributed by atoms with E-state index in [1.54, 1.807) is 0 Å². The Morgan fingerprint density at radius 2 is 0.623 bits per heavy atom. The average Bonchev–Trinajstić information content (AvgIpc) is 3.84. The third kappa shape index (κ3) is 10.9. The summed E-state index contributed by atoms with van der Waals surface area (Å²) in [7, 11) is 0. The van der Waals surface area contributed by atoms with Gasteiger partial charge in [0.05, 0.1) is 77.7 Å². The molecule has 0 saturated carbocycles. The molecule has 0 atom stereocenters. The summed E-state index contributed by atoms with van der Waals surface area (Å²) in [6.45, 7) is 0. The van der Waals surface area contributed by atoms with Gasteiger partial charge in [0, 0.05) is 19.3 Å². The van der Waals surface area contributed by atoms with Gasteiger partial charge < -0.3 is 40.6 Å². The standard InChI is InChI=1S/C40H36N4O17/c45-33(46)5-1-17-21(9-36(51)52)29-14-27-18(2-6-34(47)48)22(10-37(53)54)30(43-27)15-28-19(3-7-35(49)50)23(11-38(55)56)31(44-28)16-32-24(12-39(57)58)20(4-8-40(59)61-60)26(42-32)13-25(17)41-29/h13-16,60H,1-12H2,(H,45,46)(H,47,48)(H,49,50)(H,51,52)(H,53,54)(H,55,56)(H,57,58). The van der Waals surface area contributed by atoms with Gasteiger partial charge in [0.2, 0.25) is 0 Å². The van der Waals surface area contributed by atoms with Gasteiger partial charge >= 0.3 is 47.8 Å². The van der Waals surface area contributed by atoms with E-state index in [9.17, 15) is 74.1 Å². The fourth-order valence-corrected chi connectivity index (χ4v) is 7.25. The highest BCUT2D eigenvalue weighted by molar-refractivity contribution is 6.22. The number of aliphatic carboxylic acids is 7. The second kappa shape index (κ2) is 18.9. The summed E-state index contributed by atoms with van der Waals surface area (Å²) in [6.07, 6.45) is -1.09. The molecule has 0 unspecified atom stereocenters. The Bertz CT molecular complexity index is 2460. The SMILES string of the molecule is O=C(O)CCC1=C(CC(=O)O)C2=NC1=CC1=NC(=CC3=NC(=CC4=NC(=C2)C(CC(=O)O)=C4CCC(=O)OO)C(CCC(=O)O)=C3CC(=O)O)C(CCC(=O)O)=C1CC(=O)O. The van der Waals surface area contributed by atoms with Crippen LogP contribution in [-0.4, -0.2) is 112 Å². The molecule has 5 aliphatic heterocycles. The number of allylic oxidation sites excluding steroid dienone is 9. The van der Waals surface area contributed by atoms with E-state index in [1.165, 1.54) is 24.3 Å². The largest absolute Gasteiger partial charge is 0.481 e. The molecule has 5 aliphatic rings. The molecular weight excluding hydrogens is 808 g/mol. The molecule has 318 valence electrons. The summed E-state index contributed by atoms with van der Waals surface area (Å²) in [5, 5.41) is 78.0. The summed E-state index contributed by atoms with van der Waals surface area (Å²) in [4.78, 5) is 119. The van der Waals surface area contributed by atoms with Crippen molar-refractivity contribution in [1.29, 1.82) is 0 Å². The summed E-state index contributed by atoms with van der Waals surface area (Å²) < 4.78 is 0. The van der Waals surface area contributed by atoms with Crippen molar-refractivity contribution in [1.82, 2.24) is 0 Å². The third-order valence-electron chi connectivity index (χ3n) is 9.75. The van der Waals surface area contributed by atoms with Crippen molar-refractivity contribution in [2.24, 2.45) is 20.0 Å². The lowest BCUT2D eigenvalue weighted by Gasteiger charge is -2.10. The second-order valence-corrected chi connectivity index (χ2v) is 13.9. The van der Waals surface area contributed by atoms with Crippen LogP contribution in [0.2, 0.25) is 0 Å². The molecule has 8 N–H and O–H groups in total. The molecule has 0 aromatic heterocycles. The van der Waals surface area contributed by atoms with E-state index in [0.29, 0.717) is 0 Å². The van der Waals surface area contributed by atoms with E-state index in [0.717, 1.165) is 0 Å². The number of carboxylic acids is 7. The smallest absolute Gasteiger partial charge is 0.342 e. The lowest BCUT2D eigenvalue weighted by Crippen LogP contribution is -2.09. The van der Waals surface area contributed by atoms with Gasteiger partial charge in [-0.05, 0) is 94.6 Å². The number of fused-ring (bicyclic) bond motifs is 4. The van der Waals surface area contributed by atoms with Crippen LogP contribution in [-0.2, 0) is 43.2 Å². The predicted octanol–water partition coefficient (Wildman–Crippen LogP) is 3.83. The molecular formula is C40H36N4O17. The molecule has 0 fully saturated rings. The van der Waals surface area contributed by atoms with Gasteiger partial charge in [-0.15, -0.1) is 0 Å². The first-order chi connectivity index (χ1) is 28.8. The molecule has 0 aromatic rings. The first kappa shape index (κ1) is 44.4. The van der Waals surface area contributed by atoms with Gasteiger partial charge in [-0.2, -0.15) is 5.26 Å². The third-order valence-corrected chi connectivity index (χ3v) is 9.75. The van der Waals surface area contributed by atoms with Gasteiger partial charge in [0.15, 0.2) is 0 Å². The fourth-order valence-electron chi connectivity index (χ4n) is 7.25. The molecule has 0 saturated heterocycles. The minimum Gasteiger partial charge on any atom is -0.481 e. The Balaban J connectivity index is 1.95. The zero-order valence-corrected chi connectivity index (χ0v) is 31.8. The maximum Gasteiger partial charge on any atom is 0.342 e. The first-order valence-electron chi connectivity index (χ1n) is 18.3. The van der Waals surface area contributed by atoms with Gasteiger partial charge in [-0.25, -0.2) is 24.8 Å². The van der Waals surface area contributed by atoms with Crippen LogP contribution in [0.5, 0.6) is 0 Å². The summed E-state index contributed by atoms with van der Waals surface area (Å²) in [5.41, 5.74) is -0.193. The monoisotopic (exact) mass is 844 g/mol. The number of carbonyl (C=O) groups is 8. The first-order valence-corrected chi connectivity index (χ1v) is 18.3. The van der Waals surface area contributed by atoms with E-state index in [1.807, 2.05) is 0 Å². The molecule has 61 heavy (non-hydrogen) atoms. The Labute approximate surface area is 343 Å². The molecule has 21 nitrogen and oxygen atoms in total. The van der Waals surface area contributed by atoms with E-state index in [2.05, 4.69) is 24.9 Å². The number of hydrogen-bond donors (Lipinski definition) is 8. The minimum absolute atomic E-state index is 0.00255. The van der Waals surface area contributed by atoms with E-state index in [-0.39, 0.29) is 116 Å². The molecule has 0 spiro atoms. The van der Waals surface area contributed by atoms with E-state index >= 15 is 0 Å². The van der Waals surface area contributed by atoms with Crippen LogP contribution < -0.4 is 0 Å². The van der Waals surface area contributed by atoms with Gasteiger partial charge in [-0.1, -0.05) is 0 Å². The molecule has 0 aromatic carbocycles. The zero-order valence-electron chi connectivity index (χ0n) is 31.8. The number of nitrogens with zero attached hydrogens (tertiary/aromatic N) is 4. The maximum atomic E-state index is 12.3. The maximum absolute atomic E-state index is 12.3. The quantitative estimate of drug-likeness (QED) is 0.0637. The fraction of sp³-hybridized carbons (Fsp3) is 0.300. The van der Waals surface area contributed by atoms with Crippen LogP contribution in [0, 0.1) is 0 Å². The number of carbonyl (C=O) groups excluding carboxylic acids is 1. The molecule has 0 aliphatic carbocycles.